The number of amides is 1. The number of alkyl halides is 6. The monoisotopic (exact) mass is 636 g/mol. The van der Waals surface area contributed by atoms with E-state index in [1.807, 2.05) is 0 Å². The normalized spacial score (nSPS) is 11.5. The van der Waals surface area contributed by atoms with E-state index in [0.717, 1.165) is 30.3 Å². The first-order valence-electron chi connectivity index (χ1n) is 12.7. The summed E-state index contributed by atoms with van der Waals surface area (Å²) < 4.78 is 101. The molecule has 0 radical (unpaired) electrons. The van der Waals surface area contributed by atoms with Crippen LogP contribution in [0.2, 0.25) is 0 Å². The van der Waals surface area contributed by atoms with E-state index in [-0.39, 0.29) is 35.1 Å². The summed E-state index contributed by atoms with van der Waals surface area (Å²) in [4.78, 5) is 23.5. The number of nitrogens with zero attached hydrogens (tertiary/aromatic N) is 1. The minimum absolute atomic E-state index is 0.0474. The predicted octanol–water partition coefficient (Wildman–Crippen LogP) is 8.27. The highest BCUT2D eigenvalue weighted by atomic mass is 19.4. The highest BCUT2D eigenvalue weighted by Gasteiger charge is 2.34. The number of ether oxygens (including phenoxy) is 4. The van der Waals surface area contributed by atoms with Gasteiger partial charge in [0.1, 0.15) is 18.1 Å². The molecule has 4 aromatic rings. The number of methoxy groups -OCH3 is 2. The molecule has 0 aromatic heterocycles. The number of carbonyl (C=O) groups is 1. The van der Waals surface area contributed by atoms with Crippen LogP contribution < -0.4 is 24.3 Å². The van der Waals surface area contributed by atoms with Crippen molar-refractivity contribution in [3.8, 4) is 28.7 Å². The van der Waals surface area contributed by atoms with Crippen molar-refractivity contribution in [1.82, 2.24) is 0 Å². The predicted molar refractivity (Wildman–Crippen MR) is 148 cm³/mol. The van der Waals surface area contributed by atoms with Gasteiger partial charge in [-0.2, -0.15) is 26.3 Å². The van der Waals surface area contributed by atoms with E-state index >= 15 is 0 Å². The molecule has 0 aliphatic heterocycles. The van der Waals surface area contributed by atoms with Crippen molar-refractivity contribution in [3.05, 3.63) is 111 Å². The van der Waals surface area contributed by atoms with Crippen molar-refractivity contribution in [2.75, 3.05) is 19.5 Å². The molecule has 0 saturated carbocycles. The van der Waals surface area contributed by atoms with Gasteiger partial charge in [0.15, 0.2) is 11.5 Å². The summed E-state index contributed by atoms with van der Waals surface area (Å²) in [6.45, 7) is -0.0474. The second kappa shape index (κ2) is 13.0. The van der Waals surface area contributed by atoms with Gasteiger partial charge in [0, 0.05) is 11.6 Å². The van der Waals surface area contributed by atoms with Gasteiger partial charge in [0.2, 0.25) is 5.75 Å². The van der Waals surface area contributed by atoms with Crippen molar-refractivity contribution in [2.24, 2.45) is 0 Å². The molecule has 1 amide bonds. The van der Waals surface area contributed by atoms with Crippen LogP contribution in [0.25, 0.3) is 0 Å². The Bertz CT molecular complexity index is 1710. The second-order valence-corrected chi connectivity index (χ2v) is 9.20. The molecule has 4 aromatic carbocycles. The number of nitrogens with one attached hydrogen (secondary N) is 1. The molecule has 4 rings (SSSR count). The Hall–Kier alpha value is -5.47. The van der Waals surface area contributed by atoms with Crippen molar-refractivity contribution in [3.63, 3.8) is 0 Å². The molecule has 0 fully saturated rings. The lowest BCUT2D eigenvalue weighted by Gasteiger charge is -2.16. The van der Waals surface area contributed by atoms with Crippen LogP contribution in [0.4, 0.5) is 37.7 Å². The van der Waals surface area contributed by atoms with E-state index in [0.29, 0.717) is 29.5 Å². The Morgan fingerprint density at radius 1 is 0.756 bits per heavy atom. The summed E-state index contributed by atoms with van der Waals surface area (Å²) in [6.07, 6.45) is -9.56. The average molecular weight is 637 g/mol. The summed E-state index contributed by atoms with van der Waals surface area (Å²) in [5.41, 5.74) is -3.03. The fourth-order valence-corrected chi connectivity index (χ4v) is 3.94. The van der Waals surface area contributed by atoms with Gasteiger partial charge in [0.05, 0.1) is 36.0 Å². The van der Waals surface area contributed by atoms with Crippen LogP contribution in [-0.2, 0) is 19.0 Å². The summed E-state index contributed by atoms with van der Waals surface area (Å²) in [5.74, 6) is -1.24. The average Bonchev–Trinajstić information content (AvgIpc) is 2.99. The van der Waals surface area contributed by atoms with Gasteiger partial charge in [-0.15, -0.1) is 0 Å². The molecule has 1 N–H and O–H groups in total. The third-order valence-electron chi connectivity index (χ3n) is 6.24. The van der Waals surface area contributed by atoms with Crippen LogP contribution in [0.5, 0.6) is 28.7 Å². The van der Waals surface area contributed by atoms with Crippen molar-refractivity contribution in [2.45, 2.75) is 19.0 Å². The van der Waals surface area contributed by atoms with E-state index in [1.165, 1.54) is 20.3 Å². The van der Waals surface area contributed by atoms with Crippen LogP contribution in [0.15, 0.2) is 78.9 Å². The number of hydrogen-bond donors (Lipinski definition) is 1. The molecular weight excluding hydrogens is 614 g/mol. The van der Waals surface area contributed by atoms with Crippen LogP contribution in [0.3, 0.4) is 0 Å². The molecule has 0 unspecified atom stereocenters. The fraction of sp³-hybridized carbons (Fsp3) is 0.167. The number of rotatable bonds is 10. The van der Waals surface area contributed by atoms with Gasteiger partial charge in [-0.25, -0.2) is 0 Å². The first-order valence-corrected chi connectivity index (χ1v) is 12.7. The molecule has 0 bridgehead atoms. The number of anilines is 1. The largest absolute Gasteiger partial charge is 0.497 e. The van der Waals surface area contributed by atoms with Crippen LogP contribution in [0.1, 0.15) is 27.0 Å². The minimum Gasteiger partial charge on any atom is -0.497 e. The maximum atomic E-state index is 13.5. The molecule has 0 atom stereocenters. The minimum atomic E-state index is -4.84. The third kappa shape index (κ3) is 7.93. The first-order chi connectivity index (χ1) is 21.2. The van der Waals surface area contributed by atoms with Gasteiger partial charge < -0.3 is 24.3 Å². The fourth-order valence-electron chi connectivity index (χ4n) is 3.94. The molecule has 9 nitrogen and oxygen atoms in total. The van der Waals surface area contributed by atoms with Gasteiger partial charge in [0.25, 0.3) is 5.91 Å². The molecule has 0 aliphatic rings. The van der Waals surface area contributed by atoms with Gasteiger partial charge in [-0.3, -0.25) is 14.9 Å². The smallest absolute Gasteiger partial charge is 0.416 e. The molecular formula is C30H22F6N2O7. The Morgan fingerprint density at radius 2 is 1.36 bits per heavy atom. The number of hydrogen-bond acceptors (Lipinski definition) is 7. The number of nitro benzene ring substituents is 1. The summed E-state index contributed by atoms with van der Waals surface area (Å²) >= 11 is 0. The Kier molecular flexibility index (Phi) is 9.40. The highest BCUT2D eigenvalue weighted by Crippen LogP contribution is 2.41. The SMILES string of the molecule is COc1ccc(COc2ccc(C(F)(F)F)cc2NC(=O)c2ccc(Oc3ccc(C(F)(F)F)cc3[N+](=O)[O-])c(OC)c2)cc1. The lowest BCUT2D eigenvalue weighted by Crippen LogP contribution is -2.15. The van der Waals surface area contributed by atoms with Crippen molar-refractivity contribution < 1.29 is 55.0 Å². The molecule has 236 valence electrons. The van der Waals surface area contributed by atoms with Gasteiger partial charge in [-0.1, -0.05) is 12.1 Å². The Balaban J connectivity index is 1.59. The zero-order valence-electron chi connectivity index (χ0n) is 23.3. The molecule has 0 saturated heterocycles. The lowest BCUT2D eigenvalue weighted by atomic mass is 10.1. The first kappa shape index (κ1) is 32.4. The Labute approximate surface area is 251 Å². The van der Waals surface area contributed by atoms with E-state index in [4.69, 9.17) is 18.9 Å². The molecule has 0 aliphatic carbocycles. The summed E-state index contributed by atoms with van der Waals surface area (Å²) in [6, 6.07) is 14.4. The maximum absolute atomic E-state index is 13.5. The van der Waals surface area contributed by atoms with E-state index in [1.54, 1.807) is 24.3 Å². The topological polar surface area (TPSA) is 109 Å². The number of nitro groups is 1. The number of benzene rings is 4. The number of carbonyl (C=O) groups excluding carboxylic acids is 1. The van der Waals surface area contributed by atoms with Crippen molar-refractivity contribution >= 4 is 17.3 Å². The van der Waals surface area contributed by atoms with Crippen LogP contribution >= 0.6 is 0 Å². The summed E-state index contributed by atoms with van der Waals surface area (Å²) in [7, 11) is 2.66. The molecule has 0 heterocycles. The zero-order valence-corrected chi connectivity index (χ0v) is 23.3. The second-order valence-electron chi connectivity index (χ2n) is 9.20. The quantitative estimate of drug-likeness (QED) is 0.106. The molecule has 15 heteroatoms. The standard InChI is InChI=1S/C30H22F6N2O7/c1-42-21-8-3-17(4-9-21)16-44-24-11-6-19(29(31,32)33)14-22(24)37-28(39)18-5-10-26(27(13-18)43-2)45-25-12-7-20(30(34,35)36)15-23(25)38(40)41/h3-15H,16H2,1-2H3,(H,37,39). The lowest BCUT2D eigenvalue weighted by molar-refractivity contribution is -0.385. The third-order valence-corrected chi connectivity index (χ3v) is 6.24. The zero-order chi connectivity index (χ0) is 32.9. The molecule has 0 spiro atoms. The molecule has 45 heavy (non-hydrogen) atoms. The summed E-state index contributed by atoms with van der Waals surface area (Å²) in [5, 5.41) is 13.8. The van der Waals surface area contributed by atoms with E-state index < -0.39 is 45.7 Å². The number of halogens is 6. The van der Waals surface area contributed by atoms with Crippen molar-refractivity contribution in [1.29, 1.82) is 0 Å². The van der Waals surface area contributed by atoms with Crippen LogP contribution in [-0.4, -0.2) is 25.1 Å². The van der Waals surface area contributed by atoms with E-state index in [2.05, 4.69) is 5.32 Å². The Morgan fingerprint density at radius 3 is 1.93 bits per heavy atom. The highest BCUT2D eigenvalue weighted by molar-refractivity contribution is 6.05. The maximum Gasteiger partial charge on any atom is 0.416 e. The van der Waals surface area contributed by atoms with E-state index in [9.17, 15) is 41.3 Å². The van der Waals surface area contributed by atoms with Crippen LogP contribution in [0, 0.1) is 10.1 Å². The van der Waals surface area contributed by atoms with Gasteiger partial charge in [-0.05, 0) is 66.2 Å². The van der Waals surface area contributed by atoms with Gasteiger partial charge >= 0.3 is 18.0 Å².